The van der Waals surface area contributed by atoms with Gasteiger partial charge in [-0.05, 0) is 69.1 Å². The molecular formula is C34H36N8O3. The molecule has 5 aromatic rings. The second-order valence-electron chi connectivity index (χ2n) is 12.3. The fourth-order valence-corrected chi connectivity index (χ4v) is 7.07. The largest absolute Gasteiger partial charge is 0.394 e. The Bertz CT molecular complexity index is 1920. The number of aryl methyl sites for hydroxylation is 1. The van der Waals surface area contributed by atoms with Gasteiger partial charge in [-0.1, -0.05) is 47.6 Å². The molecule has 9 rings (SSSR count). The van der Waals surface area contributed by atoms with Gasteiger partial charge < -0.3 is 25.2 Å². The topological polar surface area (TPSA) is 126 Å². The third-order valence-electron chi connectivity index (χ3n) is 9.73. The molecule has 0 spiro atoms. The number of allylic oxidation sites excluding steroid dienone is 2. The van der Waals surface area contributed by atoms with E-state index in [4.69, 9.17) is 14.5 Å². The fraction of sp³-hybridized carbons (Fsp3) is 0.353. The quantitative estimate of drug-likeness (QED) is 0.214. The van der Waals surface area contributed by atoms with Gasteiger partial charge in [-0.3, -0.25) is 9.48 Å². The second kappa shape index (κ2) is 11.3. The highest BCUT2D eigenvalue weighted by molar-refractivity contribution is 5.84. The van der Waals surface area contributed by atoms with Crippen molar-refractivity contribution in [1.82, 2.24) is 29.4 Å². The van der Waals surface area contributed by atoms with Gasteiger partial charge in [-0.15, -0.1) is 0 Å². The van der Waals surface area contributed by atoms with Crippen molar-refractivity contribution in [3.8, 4) is 11.5 Å². The van der Waals surface area contributed by atoms with Gasteiger partial charge in [0.05, 0.1) is 41.3 Å². The molecule has 4 aliphatic heterocycles. The van der Waals surface area contributed by atoms with Crippen molar-refractivity contribution in [2.45, 2.75) is 50.2 Å². The molecule has 4 aliphatic rings. The molecule has 45 heavy (non-hydrogen) atoms. The minimum Gasteiger partial charge on any atom is -0.394 e. The first-order valence-electron chi connectivity index (χ1n) is 15.7. The third kappa shape index (κ3) is 5.01. The molecule has 0 radical (unpaired) electrons. The van der Waals surface area contributed by atoms with Gasteiger partial charge in [0.2, 0.25) is 0 Å². The van der Waals surface area contributed by atoms with Gasteiger partial charge in [0.1, 0.15) is 5.82 Å². The first kappa shape index (κ1) is 27.8. The van der Waals surface area contributed by atoms with E-state index in [1.807, 2.05) is 60.7 Å². The second-order valence-corrected chi connectivity index (χ2v) is 12.3. The van der Waals surface area contributed by atoms with Crippen LogP contribution in [0.1, 0.15) is 43.1 Å². The predicted molar refractivity (Wildman–Crippen MR) is 173 cm³/mol. The number of rotatable bonds is 8. The van der Waals surface area contributed by atoms with E-state index in [1.165, 1.54) is 0 Å². The van der Waals surface area contributed by atoms with E-state index in [1.54, 1.807) is 10.9 Å². The highest BCUT2D eigenvalue weighted by Crippen LogP contribution is 2.42. The number of aromatic nitrogens is 5. The minimum atomic E-state index is -0.363. The molecule has 3 fully saturated rings. The van der Waals surface area contributed by atoms with Crippen molar-refractivity contribution in [2.24, 2.45) is 0 Å². The maximum absolute atomic E-state index is 13.0. The van der Waals surface area contributed by atoms with Crippen molar-refractivity contribution < 1.29 is 9.63 Å². The molecule has 3 N–H and O–H groups in total. The van der Waals surface area contributed by atoms with Crippen LogP contribution in [-0.2, 0) is 18.5 Å². The van der Waals surface area contributed by atoms with Gasteiger partial charge in [0.25, 0.3) is 11.4 Å². The third-order valence-corrected chi connectivity index (χ3v) is 9.73. The van der Waals surface area contributed by atoms with Crippen LogP contribution in [0.4, 0.5) is 17.2 Å². The zero-order valence-corrected chi connectivity index (χ0v) is 25.0. The molecule has 11 heteroatoms. The van der Waals surface area contributed by atoms with E-state index in [0.717, 1.165) is 74.5 Å². The molecule has 0 aliphatic carbocycles. The van der Waals surface area contributed by atoms with Crippen LogP contribution in [0.5, 0.6) is 0 Å². The number of fused-ring (bicyclic) bond motifs is 6. The van der Waals surface area contributed by atoms with Crippen LogP contribution < -0.4 is 16.2 Å². The average molecular weight is 605 g/mol. The fourth-order valence-electron chi connectivity index (χ4n) is 7.07. The van der Waals surface area contributed by atoms with E-state index in [0.29, 0.717) is 34.9 Å². The summed E-state index contributed by atoms with van der Waals surface area (Å²) in [7, 11) is 0. The molecule has 2 aromatic carbocycles. The summed E-state index contributed by atoms with van der Waals surface area (Å²) in [6, 6.07) is 17.2. The Hall–Kier alpha value is -4.74. The first-order valence-corrected chi connectivity index (χ1v) is 15.7. The van der Waals surface area contributed by atoms with Crippen LogP contribution >= 0.6 is 0 Å². The summed E-state index contributed by atoms with van der Waals surface area (Å²) < 4.78 is 9.75. The summed E-state index contributed by atoms with van der Waals surface area (Å²) in [6.07, 6.45) is 9.89. The van der Waals surface area contributed by atoms with Crippen LogP contribution in [0.3, 0.4) is 0 Å². The monoisotopic (exact) mass is 604 g/mol. The van der Waals surface area contributed by atoms with E-state index in [2.05, 4.69) is 31.4 Å². The van der Waals surface area contributed by atoms with E-state index >= 15 is 0 Å². The highest BCUT2D eigenvalue weighted by atomic mass is 16.5. The number of anilines is 3. The summed E-state index contributed by atoms with van der Waals surface area (Å²) in [5.74, 6) is 1.78. The zero-order valence-electron chi connectivity index (χ0n) is 25.0. The maximum Gasteiger partial charge on any atom is 0.274 e. The Labute approximate surface area is 260 Å². The summed E-state index contributed by atoms with van der Waals surface area (Å²) in [5, 5.41) is 22.5. The number of aliphatic hydroxyl groups excluding tert-OH is 1. The Balaban J connectivity index is 1.15. The molecule has 11 nitrogen and oxygen atoms in total. The molecule has 2 bridgehead atoms. The van der Waals surface area contributed by atoms with Crippen molar-refractivity contribution in [2.75, 3.05) is 36.9 Å². The van der Waals surface area contributed by atoms with E-state index in [-0.39, 0.29) is 23.6 Å². The SMILES string of the molecule is O=c1c2ccc(Nc3cc(N[C@H](CO)c4ccccc4)c(-c4nc(C56CCN(CC5)CC6)no4)cn3)cc2n2n1CC=CCC2. The lowest BCUT2D eigenvalue weighted by Gasteiger charge is -2.46. The van der Waals surface area contributed by atoms with Gasteiger partial charge in [-0.25, -0.2) is 9.67 Å². The number of nitrogens with one attached hydrogen (secondary N) is 2. The smallest absolute Gasteiger partial charge is 0.274 e. The number of nitrogens with zero attached hydrogens (tertiary/aromatic N) is 6. The van der Waals surface area contributed by atoms with Crippen LogP contribution in [0, 0.1) is 0 Å². The minimum absolute atomic E-state index is 0.0188. The summed E-state index contributed by atoms with van der Waals surface area (Å²) >= 11 is 0. The molecule has 7 heterocycles. The molecule has 0 amide bonds. The Kier molecular flexibility index (Phi) is 6.99. The summed E-state index contributed by atoms with van der Waals surface area (Å²) in [4.78, 5) is 25.2. The van der Waals surface area contributed by atoms with Gasteiger partial charge in [-0.2, -0.15) is 4.98 Å². The average Bonchev–Trinajstić information content (AvgIpc) is 3.59. The van der Waals surface area contributed by atoms with Crippen LogP contribution in [0.15, 0.2) is 82.3 Å². The Morgan fingerprint density at radius 3 is 2.60 bits per heavy atom. The number of aliphatic hydroxyl groups is 1. The lowest BCUT2D eigenvalue weighted by atomic mass is 9.71. The maximum atomic E-state index is 13.0. The van der Waals surface area contributed by atoms with Crippen LogP contribution in [-0.4, -0.2) is 60.7 Å². The number of hydrogen-bond acceptors (Lipinski definition) is 9. The first-order chi connectivity index (χ1) is 22.1. The molecule has 0 saturated carbocycles. The van der Waals surface area contributed by atoms with Crippen molar-refractivity contribution in [1.29, 1.82) is 0 Å². The van der Waals surface area contributed by atoms with E-state index < -0.39 is 0 Å². The zero-order chi connectivity index (χ0) is 30.4. The van der Waals surface area contributed by atoms with Crippen molar-refractivity contribution >= 4 is 28.1 Å². The highest BCUT2D eigenvalue weighted by Gasteiger charge is 2.44. The molecule has 3 aromatic heterocycles. The van der Waals surface area contributed by atoms with Crippen molar-refractivity contribution in [3.63, 3.8) is 0 Å². The predicted octanol–water partition coefficient (Wildman–Crippen LogP) is 4.83. The lowest BCUT2D eigenvalue weighted by Crippen LogP contribution is -2.51. The van der Waals surface area contributed by atoms with E-state index in [9.17, 15) is 9.90 Å². The van der Waals surface area contributed by atoms with Gasteiger partial charge in [0.15, 0.2) is 5.82 Å². The molecule has 230 valence electrons. The van der Waals surface area contributed by atoms with Crippen LogP contribution in [0.2, 0.25) is 0 Å². The van der Waals surface area contributed by atoms with Gasteiger partial charge in [0, 0.05) is 29.9 Å². The summed E-state index contributed by atoms with van der Waals surface area (Å²) in [6.45, 7) is 4.40. The molecule has 3 saturated heterocycles. The number of piperidine rings is 3. The molecule has 0 unspecified atom stereocenters. The standard InChI is InChI=1S/C34H36N8O3/c43-22-28(23-7-3-1-4-8-23)37-27-20-30(36-24-9-10-25-29(19-24)41-14-5-2-6-15-42(41)32(25)44)35-21-26(27)31-38-33(39-45-31)34-11-16-40(17-12-34)18-13-34/h1-4,6-10,19-21,28,43H,5,11-18,22H2,(H2,35,36,37)/t28-/m1/s1. The van der Waals surface area contributed by atoms with Crippen molar-refractivity contribution in [3.05, 3.63) is 94.7 Å². The lowest BCUT2D eigenvalue weighted by molar-refractivity contribution is 0.0747. The Morgan fingerprint density at radius 2 is 1.80 bits per heavy atom. The summed E-state index contributed by atoms with van der Waals surface area (Å²) in [5.41, 5.74) is 4.02. The molecular weight excluding hydrogens is 568 g/mol. The normalized spacial score (nSPS) is 21.4. The molecule has 1 atom stereocenters. The Morgan fingerprint density at radius 1 is 0.978 bits per heavy atom. The number of pyridine rings is 1. The number of hydrogen-bond donors (Lipinski definition) is 3. The van der Waals surface area contributed by atoms with Gasteiger partial charge >= 0.3 is 0 Å². The number of benzene rings is 2. The van der Waals surface area contributed by atoms with Crippen LogP contribution in [0.25, 0.3) is 22.4 Å².